The number of carbonyl (C=O) groups is 1. The van der Waals surface area contributed by atoms with E-state index >= 15 is 0 Å². The number of nitrogens with one attached hydrogen (secondary N) is 1. The number of hydrogen-bond donors (Lipinski definition) is 1. The van der Waals surface area contributed by atoms with Gasteiger partial charge in [0.2, 0.25) is 5.91 Å². The molecule has 0 atom stereocenters. The number of ether oxygens (including phenoxy) is 2. The number of aromatic nitrogens is 3. The number of thioether (sulfide) groups is 1. The zero-order valence-electron chi connectivity index (χ0n) is 18.6. The SMILES string of the molecule is C=CCn1c(COc2ccc(C)cc2C)nnc1SCC(=O)NCc1ccc(OC)cc1. The molecule has 0 saturated heterocycles. The van der Waals surface area contributed by atoms with Crippen LogP contribution in [0.5, 0.6) is 11.5 Å². The molecule has 168 valence electrons. The molecule has 1 N–H and O–H groups in total. The van der Waals surface area contributed by atoms with Crippen molar-refractivity contribution in [3.05, 3.63) is 77.6 Å². The Kier molecular flexibility index (Phi) is 8.33. The molecular weight excluding hydrogens is 424 g/mol. The maximum absolute atomic E-state index is 12.3. The molecule has 0 bridgehead atoms. The van der Waals surface area contributed by atoms with Crippen LogP contribution < -0.4 is 14.8 Å². The summed E-state index contributed by atoms with van der Waals surface area (Å²) in [5, 5.41) is 12.1. The summed E-state index contributed by atoms with van der Waals surface area (Å²) in [4.78, 5) is 12.3. The van der Waals surface area contributed by atoms with Gasteiger partial charge in [-0.15, -0.1) is 16.8 Å². The van der Waals surface area contributed by atoms with Gasteiger partial charge in [0.1, 0.15) is 18.1 Å². The Labute approximate surface area is 192 Å². The van der Waals surface area contributed by atoms with Crippen LogP contribution in [0.15, 0.2) is 60.3 Å². The molecule has 0 radical (unpaired) electrons. The number of methoxy groups -OCH3 is 1. The molecule has 3 rings (SSSR count). The lowest BCUT2D eigenvalue weighted by Crippen LogP contribution is -2.24. The van der Waals surface area contributed by atoms with Gasteiger partial charge in [-0.1, -0.05) is 47.7 Å². The lowest BCUT2D eigenvalue weighted by Gasteiger charge is -2.11. The summed E-state index contributed by atoms with van der Waals surface area (Å²) < 4.78 is 13.0. The number of benzene rings is 2. The molecular formula is C24H28N4O3S. The maximum Gasteiger partial charge on any atom is 0.230 e. The maximum atomic E-state index is 12.3. The van der Waals surface area contributed by atoms with Gasteiger partial charge in [0.05, 0.1) is 12.9 Å². The van der Waals surface area contributed by atoms with Crippen molar-refractivity contribution in [2.24, 2.45) is 0 Å². The Morgan fingerprint density at radius 2 is 1.97 bits per heavy atom. The Morgan fingerprint density at radius 3 is 2.66 bits per heavy atom. The van der Waals surface area contributed by atoms with E-state index in [1.165, 1.54) is 17.3 Å². The van der Waals surface area contributed by atoms with Crippen molar-refractivity contribution in [2.75, 3.05) is 12.9 Å². The van der Waals surface area contributed by atoms with Gasteiger partial charge >= 0.3 is 0 Å². The molecule has 32 heavy (non-hydrogen) atoms. The van der Waals surface area contributed by atoms with Gasteiger partial charge in [0, 0.05) is 13.1 Å². The Morgan fingerprint density at radius 1 is 1.19 bits per heavy atom. The van der Waals surface area contributed by atoms with Crippen LogP contribution in [0, 0.1) is 13.8 Å². The Bertz CT molecular complexity index is 1060. The van der Waals surface area contributed by atoms with Crippen LogP contribution in [-0.2, 0) is 24.5 Å². The zero-order chi connectivity index (χ0) is 22.9. The van der Waals surface area contributed by atoms with Gasteiger partial charge in [-0.3, -0.25) is 9.36 Å². The molecule has 0 unspecified atom stereocenters. The van der Waals surface area contributed by atoms with Crippen molar-refractivity contribution in [1.82, 2.24) is 20.1 Å². The van der Waals surface area contributed by atoms with Crippen molar-refractivity contribution in [1.29, 1.82) is 0 Å². The fraction of sp³-hybridized carbons (Fsp3) is 0.292. The third-order valence-electron chi connectivity index (χ3n) is 4.77. The smallest absolute Gasteiger partial charge is 0.230 e. The lowest BCUT2D eigenvalue weighted by atomic mass is 10.1. The molecule has 0 saturated carbocycles. The summed E-state index contributed by atoms with van der Waals surface area (Å²) in [6, 6.07) is 13.6. The molecule has 1 heterocycles. The van der Waals surface area contributed by atoms with E-state index in [0.717, 1.165) is 22.6 Å². The van der Waals surface area contributed by atoms with Crippen molar-refractivity contribution in [3.8, 4) is 11.5 Å². The van der Waals surface area contributed by atoms with Gasteiger partial charge in [-0.25, -0.2) is 0 Å². The molecule has 2 aromatic carbocycles. The summed E-state index contributed by atoms with van der Waals surface area (Å²) in [5.74, 6) is 2.45. The second-order valence-electron chi connectivity index (χ2n) is 7.27. The molecule has 8 heteroatoms. The molecule has 1 amide bonds. The van der Waals surface area contributed by atoms with E-state index in [2.05, 4.69) is 28.2 Å². The predicted octanol–water partition coefficient (Wildman–Crippen LogP) is 4.08. The fourth-order valence-electron chi connectivity index (χ4n) is 3.07. The van der Waals surface area contributed by atoms with E-state index < -0.39 is 0 Å². The topological polar surface area (TPSA) is 78.3 Å². The van der Waals surface area contributed by atoms with Crippen LogP contribution in [0.1, 0.15) is 22.5 Å². The van der Waals surface area contributed by atoms with E-state index in [-0.39, 0.29) is 18.3 Å². The van der Waals surface area contributed by atoms with Crippen LogP contribution in [0.4, 0.5) is 0 Å². The zero-order valence-corrected chi connectivity index (χ0v) is 19.4. The van der Waals surface area contributed by atoms with Crippen LogP contribution in [-0.4, -0.2) is 33.5 Å². The number of hydrogen-bond acceptors (Lipinski definition) is 6. The van der Waals surface area contributed by atoms with Crippen LogP contribution in [0.3, 0.4) is 0 Å². The van der Waals surface area contributed by atoms with Gasteiger partial charge in [-0.05, 0) is 43.2 Å². The average molecular weight is 453 g/mol. The van der Waals surface area contributed by atoms with Crippen molar-refractivity contribution in [3.63, 3.8) is 0 Å². The Hall–Kier alpha value is -3.26. The van der Waals surface area contributed by atoms with E-state index in [1.807, 2.05) is 54.8 Å². The summed E-state index contributed by atoms with van der Waals surface area (Å²) >= 11 is 1.34. The highest BCUT2D eigenvalue weighted by Gasteiger charge is 2.14. The molecule has 0 aliphatic heterocycles. The molecule has 1 aromatic heterocycles. The molecule has 0 spiro atoms. The number of aryl methyl sites for hydroxylation is 2. The van der Waals surface area contributed by atoms with Gasteiger partial charge < -0.3 is 14.8 Å². The highest BCUT2D eigenvalue weighted by Crippen LogP contribution is 2.22. The monoisotopic (exact) mass is 452 g/mol. The van der Waals surface area contributed by atoms with E-state index in [0.29, 0.717) is 24.1 Å². The highest BCUT2D eigenvalue weighted by molar-refractivity contribution is 7.99. The number of allylic oxidation sites excluding steroid dienone is 1. The number of amides is 1. The van der Waals surface area contributed by atoms with Crippen molar-refractivity contribution in [2.45, 2.75) is 38.7 Å². The summed E-state index contributed by atoms with van der Waals surface area (Å²) in [6.45, 7) is 9.16. The fourth-order valence-corrected chi connectivity index (χ4v) is 3.87. The second kappa shape index (κ2) is 11.4. The first-order valence-corrected chi connectivity index (χ1v) is 11.2. The van der Waals surface area contributed by atoms with E-state index in [1.54, 1.807) is 13.2 Å². The van der Waals surface area contributed by atoms with Gasteiger partial charge in [0.15, 0.2) is 11.0 Å². The minimum absolute atomic E-state index is 0.0768. The quantitative estimate of drug-likeness (QED) is 0.349. The molecule has 0 fully saturated rings. The van der Waals surface area contributed by atoms with Crippen LogP contribution in [0.25, 0.3) is 0 Å². The highest BCUT2D eigenvalue weighted by atomic mass is 32.2. The summed E-state index contributed by atoms with van der Waals surface area (Å²) in [5.41, 5.74) is 3.27. The van der Waals surface area contributed by atoms with Crippen LogP contribution >= 0.6 is 11.8 Å². The Balaban J connectivity index is 1.55. The third-order valence-corrected chi connectivity index (χ3v) is 5.74. The second-order valence-corrected chi connectivity index (χ2v) is 8.21. The van der Waals surface area contributed by atoms with Crippen LogP contribution in [0.2, 0.25) is 0 Å². The summed E-state index contributed by atoms with van der Waals surface area (Å²) in [6.07, 6.45) is 1.78. The first kappa shape index (κ1) is 23.4. The van der Waals surface area contributed by atoms with Gasteiger partial charge in [0.25, 0.3) is 0 Å². The minimum Gasteiger partial charge on any atom is -0.497 e. The molecule has 0 aliphatic rings. The predicted molar refractivity (Wildman–Crippen MR) is 126 cm³/mol. The number of carbonyl (C=O) groups excluding carboxylic acids is 1. The molecule has 3 aromatic rings. The third kappa shape index (κ3) is 6.37. The van der Waals surface area contributed by atoms with Crippen molar-refractivity contribution >= 4 is 17.7 Å². The molecule has 7 nitrogen and oxygen atoms in total. The summed E-state index contributed by atoms with van der Waals surface area (Å²) in [7, 11) is 1.63. The first-order chi connectivity index (χ1) is 15.5. The number of nitrogens with zero attached hydrogens (tertiary/aromatic N) is 3. The van der Waals surface area contributed by atoms with Gasteiger partial charge in [-0.2, -0.15) is 0 Å². The molecule has 0 aliphatic carbocycles. The number of rotatable bonds is 11. The largest absolute Gasteiger partial charge is 0.497 e. The first-order valence-electron chi connectivity index (χ1n) is 10.3. The van der Waals surface area contributed by atoms with Crippen molar-refractivity contribution < 1.29 is 14.3 Å². The average Bonchev–Trinajstić information content (AvgIpc) is 3.17. The normalized spacial score (nSPS) is 10.6. The minimum atomic E-state index is -0.0768. The standard InChI is InChI=1S/C24H28N4O3S/c1-5-12-28-22(15-31-21-11-6-17(2)13-18(21)3)26-27-24(28)32-16-23(29)25-14-19-7-9-20(30-4)10-8-19/h5-11,13H,1,12,14-16H2,2-4H3,(H,25,29). The van der Waals surface area contributed by atoms with E-state index in [9.17, 15) is 4.79 Å². The lowest BCUT2D eigenvalue weighted by molar-refractivity contribution is -0.118. The van der Waals surface area contributed by atoms with E-state index in [4.69, 9.17) is 9.47 Å².